The van der Waals surface area contributed by atoms with Gasteiger partial charge in [0.05, 0.1) is 11.8 Å². The average Bonchev–Trinajstić information content (AvgIpc) is 2.56. The van der Waals surface area contributed by atoms with Crippen molar-refractivity contribution in [3.05, 3.63) is 59.7 Å². The Morgan fingerprint density at radius 2 is 2.04 bits per heavy atom. The first-order valence-electron chi connectivity index (χ1n) is 7.22. The first-order valence-corrected chi connectivity index (χ1v) is 9.19. The number of rotatable bonds is 4. The third-order valence-electron chi connectivity index (χ3n) is 3.55. The Morgan fingerprint density at radius 3 is 2.87 bits per heavy atom. The van der Waals surface area contributed by atoms with Crippen LogP contribution in [0, 0.1) is 11.6 Å². The maximum absolute atomic E-state index is 13.2. The molecule has 0 bridgehead atoms. The largest absolute Gasteiger partial charge is 0.349 e. The highest BCUT2D eigenvalue weighted by atomic mass is 32.2. The predicted molar refractivity (Wildman–Crippen MR) is 89.7 cm³/mol. The molecule has 6 heteroatoms. The number of hydrogen-bond donors (Lipinski definition) is 1. The molecule has 1 amide bonds. The molecule has 0 aliphatic carbocycles. The fourth-order valence-corrected chi connectivity index (χ4v) is 4.30. The van der Waals surface area contributed by atoms with E-state index in [0.29, 0.717) is 4.90 Å². The van der Waals surface area contributed by atoms with Crippen molar-refractivity contribution in [1.82, 2.24) is 5.32 Å². The summed E-state index contributed by atoms with van der Waals surface area (Å²) >= 11 is 3.00. The van der Waals surface area contributed by atoms with E-state index in [1.807, 2.05) is 18.2 Å². The molecule has 0 fully saturated rings. The number of nitrogens with one attached hydrogen (secondary N) is 1. The number of hydrogen-bond acceptors (Lipinski definition) is 3. The third-order valence-corrected chi connectivity index (χ3v) is 5.67. The van der Waals surface area contributed by atoms with Crippen molar-refractivity contribution in [1.29, 1.82) is 0 Å². The van der Waals surface area contributed by atoms with Crippen LogP contribution in [0.5, 0.6) is 0 Å². The molecule has 1 unspecified atom stereocenters. The van der Waals surface area contributed by atoms with Gasteiger partial charge in [-0.1, -0.05) is 18.2 Å². The molecular formula is C17H15F2NOS2. The van der Waals surface area contributed by atoms with Crippen LogP contribution in [0.4, 0.5) is 8.78 Å². The second-order valence-corrected chi connectivity index (χ2v) is 7.35. The number of halogens is 2. The Morgan fingerprint density at radius 1 is 1.22 bits per heavy atom. The summed E-state index contributed by atoms with van der Waals surface area (Å²) < 4.78 is 26.0. The minimum absolute atomic E-state index is 0.0190. The highest BCUT2D eigenvalue weighted by molar-refractivity contribution is 8.00. The molecule has 0 aromatic heterocycles. The molecule has 2 aromatic carbocycles. The van der Waals surface area contributed by atoms with E-state index < -0.39 is 11.6 Å². The Kier molecular flexibility index (Phi) is 5.23. The van der Waals surface area contributed by atoms with E-state index in [4.69, 9.17) is 0 Å². The van der Waals surface area contributed by atoms with E-state index in [1.165, 1.54) is 22.7 Å². The van der Waals surface area contributed by atoms with Crippen molar-refractivity contribution in [3.8, 4) is 0 Å². The van der Waals surface area contributed by atoms with Crippen LogP contribution in [0.25, 0.3) is 0 Å². The van der Waals surface area contributed by atoms with E-state index >= 15 is 0 Å². The van der Waals surface area contributed by atoms with E-state index in [-0.39, 0.29) is 17.7 Å². The second kappa shape index (κ2) is 7.36. The molecule has 1 aliphatic heterocycles. The lowest BCUT2D eigenvalue weighted by Crippen LogP contribution is -2.31. The van der Waals surface area contributed by atoms with E-state index in [1.54, 1.807) is 11.8 Å². The molecule has 1 heterocycles. The van der Waals surface area contributed by atoms with Crippen LogP contribution < -0.4 is 5.32 Å². The topological polar surface area (TPSA) is 29.1 Å². The van der Waals surface area contributed by atoms with Gasteiger partial charge in [0, 0.05) is 15.5 Å². The highest BCUT2D eigenvalue weighted by Crippen LogP contribution is 2.35. The van der Waals surface area contributed by atoms with Crippen LogP contribution in [0.2, 0.25) is 0 Å². The standard InChI is InChI=1S/C17H15F2NOS2/c18-13-6-5-11(9-14(13)19)23-10-17(21)20-15-7-8-22-16-4-2-1-3-12(15)16/h1-6,9,15H,7-8,10H2,(H,20,21). The monoisotopic (exact) mass is 351 g/mol. The molecule has 2 aromatic rings. The first kappa shape index (κ1) is 16.3. The fraction of sp³-hybridized carbons (Fsp3) is 0.235. The van der Waals surface area contributed by atoms with Crippen molar-refractivity contribution < 1.29 is 13.6 Å². The first-order chi connectivity index (χ1) is 11.1. The molecule has 0 radical (unpaired) electrons. The number of carbonyl (C=O) groups is 1. The van der Waals surface area contributed by atoms with Gasteiger partial charge >= 0.3 is 0 Å². The van der Waals surface area contributed by atoms with Crippen molar-refractivity contribution >= 4 is 29.4 Å². The van der Waals surface area contributed by atoms with Gasteiger partial charge in [0.1, 0.15) is 0 Å². The molecular weight excluding hydrogens is 336 g/mol. The molecule has 1 atom stereocenters. The maximum Gasteiger partial charge on any atom is 0.230 e. The van der Waals surface area contributed by atoms with Crippen LogP contribution in [0.3, 0.4) is 0 Å². The molecule has 1 aliphatic rings. The number of carbonyl (C=O) groups excluding carboxylic acids is 1. The van der Waals surface area contributed by atoms with Gasteiger partial charge in [-0.15, -0.1) is 23.5 Å². The molecule has 120 valence electrons. The van der Waals surface area contributed by atoms with E-state index in [2.05, 4.69) is 11.4 Å². The molecule has 1 N–H and O–H groups in total. The summed E-state index contributed by atoms with van der Waals surface area (Å²) in [5.74, 6) is -0.731. The van der Waals surface area contributed by atoms with Crippen molar-refractivity contribution in [2.75, 3.05) is 11.5 Å². The maximum atomic E-state index is 13.2. The smallest absolute Gasteiger partial charge is 0.230 e. The summed E-state index contributed by atoms with van der Waals surface area (Å²) in [6.45, 7) is 0. The Labute approximate surface area is 142 Å². The van der Waals surface area contributed by atoms with Crippen LogP contribution in [0.15, 0.2) is 52.3 Å². The molecule has 2 nitrogen and oxygen atoms in total. The summed E-state index contributed by atoms with van der Waals surface area (Å²) in [6, 6.07) is 11.7. The van der Waals surface area contributed by atoms with Crippen LogP contribution in [0.1, 0.15) is 18.0 Å². The zero-order valence-electron chi connectivity index (χ0n) is 12.2. The van der Waals surface area contributed by atoms with E-state index in [0.717, 1.165) is 29.9 Å². The summed E-state index contributed by atoms with van der Waals surface area (Å²) in [6.07, 6.45) is 0.892. The van der Waals surface area contributed by atoms with Gasteiger partial charge in [-0.2, -0.15) is 0 Å². The average molecular weight is 351 g/mol. The van der Waals surface area contributed by atoms with Crippen molar-refractivity contribution in [2.24, 2.45) is 0 Å². The number of amides is 1. The van der Waals surface area contributed by atoms with Crippen LogP contribution in [-0.2, 0) is 4.79 Å². The molecule has 23 heavy (non-hydrogen) atoms. The minimum atomic E-state index is -0.895. The van der Waals surface area contributed by atoms with Crippen molar-refractivity contribution in [2.45, 2.75) is 22.3 Å². The summed E-state index contributed by atoms with van der Waals surface area (Å²) in [5.41, 5.74) is 1.15. The zero-order chi connectivity index (χ0) is 16.2. The lowest BCUT2D eigenvalue weighted by molar-refractivity contribution is -0.119. The lowest BCUT2D eigenvalue weighted by atomic mass is 10.0. The van der Waals surface area contributed by atoms with Crippen molar-refractivity contribution in [3.63, 3.8) is 0 Å². The number of thioether (sulfide) groups is 2. The summed E-state index contributed by atoms with van der Waals surface area (Å²) in [7, 11) is 0. The lowest BCUT2D eigenvalue weighted by Gasteiger charge is -2.25. The molecule has 3 rings (SSSR count). The Balaban J connectivity index is 1.59. The molecule has 0 saturated carbocycles. The van der Waals surface area contributed by atoms with Crippen LogP contribution in [-0.4, -0.2) is 17.4 Å². The van der Waals surface area contributed by atoms with Gasteiger partial charge in [-0.05, 0) is 36.2 Å². The van der Waals surface area contributed by atoms with Crippen LogP contribution >= 0.6 is 23.5 Å². The number of benzene rings is 2. The van der Waals surface area contributed by atoms with Gasteiger partial charge < -0.3 is 5.32 Å². The normalized spacial score (nSPS) is 16.7. The fourth-order valence-electron chi connectivity index (χ4n) is 2.44. The van der Waals surface area contributed by atoms with Gasteiger partial charge in [0.15, 0.2) is 11.6 Å². The zero-order valence-corrected chi connectivity index (χ0v) is 13.9. The van der Waals surface area contributed by atoms with Gasteiger partial charge in [0.25, 0.3) is 0 Å². The predicted octanol–water partition coefficient (Wildman–Crippen LogP) is 4.41. The Bertz CT molecular complexity index is 723. The third kappa shape index (κ3) is 4.06. The Hall–Kier alpha value is -1.53. The SMILES string of the molecule is O=C(CSc1ccc(F)c(F)c1)NC1CCSc2ccccc21. The molecule has 0 spiro atoms. The van der Waals surface area contributed by atoms with Gasteiger partial charge in [0.2, 0.25) is 5.91 Å². The molecule has 0 saturated heterocycles. The van der Waals surface area contributed by atoms with Gasteiger partial charge in [-0.25, -0.2) is 8.78 Å². The highest BCUT2D eigenvalue weighted by Gasteiger charge is 2.21. The summed E-state index contributed by atoms with van der Waals surface area (Å²) in [4.78, 5) is 13.9. The van der Waals surface area contributed by atoms with E-state index in [9.17, 15) is 13.6 Å². The summed E-state index contributed by atoms with van der Waals surface area (Å²) in [5, 5.41) is 3.03. The quantitative estimate of drug-likeness (QED) is 0.827. The minimum Gasteiger partial charge on any atom is -0.349 e. The van der Waals surface area contributed by atoms with Gasteiger partial charge in [-0.3, -0.25) is 4.79 Å². The second-order valence-electron chi connectivity index (χ2n) is 5.16. The number of fused-ring (bicyclic) bond motifs is 1.